The molecule has 0 fully saturated rings. The van der Waals surface area contributed by atoms with Gasteiger partial charge < -0.3 is 20.1 Å². The average Bonchev–Trinajstić information content (AvgIpc) is 2.77. The number of rotatable bonds is 7. The number of ether oxygens (including phenoxy) is 2. The molecule has 9 nitrogen and oxygen atoms in total. The monoisotopic (exact) mass is 456 g/mol. The fourth-order valence-electron chi connectivity index (χ4n) is 2.57. The predicted molar refractivity (Wildman–Crippen MR) is 115 cm³/mol. The van der Waals surface area contributed by atoms with E-state index in [4.69, 9.17) is 4.74 Å². The second-order valence-corrected chi connectivity index (χ2v) is 6.52. The largest absolute Gasteiger partial charge is 0.457 e. The number of carbonyl (C=O) groups is 3. The Balaban J connectivity index is 1.57. The molecule has 3 N–H and O–H groups in total. The molecule has 0 radical (unpaired) electrons. The van der Waals surface area contributed by atoms with Crippen molar-refractivity contribution in [1.82, 2.24) is 4.98 Å². The van der Waals surface area contributed by atoms with E-state index in [1.54, 1.807) is 0 Å². The molecule has 0 aliphatic carbocycles. The highest BCUT2D eigenvalue weighted by Gasteiger charge is 2.13. The van der Waals surface area contributed by atoms with Crippen LogP contribution in [0.15, 0.2) is 60.8 Å². The van der Waals surface area contributed by atoms with E-state index in [2.05, 4.69) is 25.7 Å². The topological polar surface area (TPSA) is 119 Å². The molecule has 0 aliphatic heterocycles. The van der Waals surface area contributed by atoms with Crippen LogP contribution in [0.4, 0.5) is 30.8 Å². The summed E-state index contributed by atoms with van der Waals surface area (Å²) in [6.07, 6.45) is 0.0991. The number of amides is 3. The Kier molecular flexibility index (Phi) is 7.47. The molecular weight excluding hydrogens is 438 g/mol. The molecule has 3 aromatic rings. The smallest absolute Gasteiger partial charge is 0.412 e. The van der Waals surface area contributed by atoms with Gasteiger partial charge >= 0.3 is 6.09 Å². The lowest BCUT2D eigenvalue weighted by molar-refractivity contribution is -0.123. The number of halogens is 2. The van der Waals surface area contributed by atoms with Gasteiger partial charge in [0.05, 0.1) is 12.8 Å². The summed E-state index contributed by atoms with van der Waals surface area (Å²) in [4.78, 5) is 39.2. The molecule has 33 heavy (non-hydrogen) atoms. The molecule has 2 aromatic carbocycles. The van der Waals surface area contributed by atoms with Crippen LogP contribution in [0, 0.1) is 11.6 Å². The Morgan fingerprint density at radius 1 is 0.879 bits per heavy atom. The van der Waals surface area contributed by atoms with Crippen LogP contribution in [0.5, 0.6) is 11.5 Å². The third-order valence-electron chi connectivity index (χ3n) is 4.05. The number of anilines is 3. The molecule has 170 valence electrons. The van der Waals surface area contributed by atoms with Gasteiger partial charge in [-0.3, -0.25) is 14.9 Å². The number of carbonyl (C=O) groups excluding carboxylic acids is 3. The summed E-state index contributed by atoms with van der Waals surface area (Å²) in [6.45, 7) is 0. The molecule has 0 spiro atoms. The lowest BCUT2D eigenvalue weighted by Gasteiger charge is -2.10. The average molecular weight is 456 g/mol. The van der Waals surface area contributed by atoms with Crippen LogP contribution in [0.1, 0.15) is 6.42 Å². The predicted octanol–water partition coefficient (Wildman–Crippen LogP) is 4.30. The van der Waals surface area contributed by atoms with Crippen molar-refractivity contribution in [2.24, 2.45) is 0 Å². The summed E-state index contributed by atoms with van der Waals surface area (Å²) in [5.74, 6) is -2.08. The molecule has 0 bridgehead atoms. The van der Waals surface area contributed by atoms with Crippen LogP contribution < -0.4 is 20.7 Å². The summed E-state index contributed by atoms with van der Waals surface area (Å²) in [5.41, 5.74) is 0.174. The zero-order chi connectivity index (χ0) is 23.8. The number of hydrogen-bond acceptors (Lipinski definition) is 6. The summed E-state index contributed by atoms with van der Waals surface area (Å²) < 4.78 is 37.3. The van der Waals surface area contributed by atoms with E-state index in [0.29, 0.717) is 5.69 Å². The number of aromatic nitrogens is 1. The molecular formula is C22H18F2N4O5. The summed E-state index contributed by atoms with van der Waals surface area (Å²) in [7, 11) is 1.21. The van der Waals surface area contributed by atoms with E-state index in [9.17, 15) is 23.2 Å². The second kappa shape index (κ2) is 10.7. The van der Waals surface area contributed by atoms with Gasteiger partial charge in [0.1, 0.15) is 35.4 Å². The molecule has 0 atom stereocenters. The van der Waals surface area contributed by atoms with Crippen molar-refractivity contribution in [3.63, 3.8) is 0 Å². The molecule has 1 aromatic heterocycles. The SMILES string of the molecule is COC(=O)Nc1cc(Oc2ccc(NC(=O)CC(=O)Nc3ccc(F)cc3)c(F)c2)ccn1. The molecule has 0 saturated heterocycles. The first kappa shape index (κ1) is 23.1. The van der Waals surface area contributed by atoms with Crippen LogP contribution >= 0.6 is 0 Å². The van der Waals surface area contributed by atoms with Gasteiger partial charge in [0.15, 0.2) is 0 Å². The maximum Gasteiger partial charge on any atom is 0.412 e. The first-order valence-corrected chi connectivity index (χ1v) is 9.46. The highest BCUT2D eigenvalue weighted by Crippen LogP contribution is 2.26. The summed E-state index contributed by atoms with van der Waals surface area (Å²) >= 11 is 0. The molecule has 0 unspecified atom stereocenters. The third kappa shape index (κ3) is 6.99. The van der Waals surface area contributed by atoms with E-state index >= 15 is 0 Å². The highest BCUT2D eigenvalue weighted by atomic mass is 19.1. The maximum absolute atomic E-state index is 14.4. The Hall–Kier alpha value is -4.54. The number of benzene rings is 2. The minimum atomic E-state index is -0.790. The Bertz CT molecular complexity index is 1170. The minimum absolute atomic E-state index is 0.120. The maximum atomic E-state index is 14.4. The number of nitrogens with one attached hydrogen (secondary N) is 3. The van der Waals surface area contributed by atoms with Gasteiger partial charge in [0.25, 0.3) is 0 Å². The number of nitrogens with zero attached hydrogens (tertiary/aromatic N) is 1. The molecule has 3 amide bonds. The first-order chi connectivity index (χ1) is 15.8. The van der Waals surface area contributed by atoms with E-state index < -0.39 is 36.0 Å². The molecule has 0 aliphatic rings. The van der Waals surface area contributed by atoms with Gasteiger partial charge in [-0.2, -0.15) is 0 Å². The minimum Gasteiger partial charge on any atom is -0.457 e. The van der Waals surface area contributed by atoms with Crippen molar-refractivity contribution in [2.75, 3.05) is 23.1 Å². The van der Waals surface area contributed by atoms with Crippen molar-refractivity contribution >= 4 is 35.1 Å². The molecule has 1 heterocycles. The zero-order valence-corrected chi connectivity index (χ0v) is 17.2. The van der Waals surface area contributed by atoms with Crippen LogP contribution in [0.2, 0.25) is 0 Å². The van der Waals surface area contributed by atoms with Crippen molar-refractivity contribution < 1.29 is 32.6 Å². The van der Waals surface area contributed by atoms with E-state index in [1.807, 2.05) is 0 Å². The van der Waals surface area contributed by atoms with Crippen LogP contribution in [0.25, 0.3) is 0 Å². The van der Waals surface area contributed by atoms with Crippen molar-refractivity contribution in [3.8, 4) is 11.5 Å². The van der Waals surface area contributed by atoms with Crippen molar-refractivity contribution in [3.05, 3.63) is 72.4 Å². The number of methoxy groups -OCH3 is 1. The fraction of sp³-hybridized carbons (Fsp3) is 0.0909. The zero-order valence-electron chi connectivity index (χ0n) is 17.2. The molecule has 0 saturated carbocycles. The lowest BCUT2D eigenvalue weighted by atomic mass is 10.2. The van der Waals surface area contributed by atoms with Gasteiger partial charge in [-0.15, -0.1) is 0 Å². The summed E-state index contributed by atoms with van der Waals surface area (Å²) in [6, 6.07) is 11.7. The standard InChI is InChI=1S/C22H18F2N4O5/c1-32-22(31)28-19-11-16(8-9-25-19)33-15-6-7-18(17(24)10-15)27-21(30)12-20(29)26-14-4-2-13(23)3-5-14/h2-11H,12H2,1H3,(H,26,29)(H,27,30)(H,25,28,31). The Labute approximate surface area is 186 Å². The van der Waals surface area contributed by atoms with Gasteiger partial charge in [0.2, 0.25) is 11.8 Å². The number of hydrogen-bond donors (Lipinski definition) is 3. The van der Waals surface area contributed by atoms with Crippen molar-refractivity contribution in [1.29, 1.82) is 0 Å². The van der Waals surface area contributed by atoms with Gasteiger partial charge in [0, 0.05) is 24.0 Å². The van der Waals surface area contributed by atoms with E-state index in [0.717, 1.165) is 18.2 Å². The Morgan fingerprint density at radius 2 is 1.58 bits per heavy atom. The summed E-state index contributed by atoms with van der Waals surface area (Å²) in [5, 5.41) is 7.11. The van der Waals surface area contributed by atoms with Gasteiger partial charge in [-0.25, -0.2) is 18.6 Å². The highest BCUT2D eigenvalue weighted by molar-refractivity contribution is 6.08. The lowest BCUT2D eigenvalue weighted by Crippen LogP contribution is -2.21. The second-order valence-electron chi connectivity index (χ2n) is 6.52. The van der Waals surface area contributed by atoms with Crippen molar-refractivity contribution in [2.45, 2.75) is 6.42 Å². The van der Waals surface area contributed by atoms with Crippen LogP contribution in [-0.4, -0.2) is 30.0 Å². The quantitative estimate of drug-likeness (QED) is 0.456. The van der Waals surface area contributed by atoms with Crippen LogP contribution in [-0.2, 0) is 14.3 Å². The third-order valence-corrected chi connectivity index (χ3v) is 4.05. The molecule has 11 heteroatoms. The molecule has 3 rings (SSSR count). The van der Waals surface area contributed by atoms with E-state index in [1.165, 1.54) is 49.7 Å². The van der Waals surface area contributed by atoms with Gasteiger partial charge in [-0.1, -0.05) is 0 Å². The fourth-order valence-corrected chi connectivity index (χ4v) is 2.57. The van der Waals surface area contributed by atoms with E-state index in [-0.39, 0.29) is 23.0 Å². The first-order valence-electron chi connectivity index (χ1n) is 9.46. The van der Waals surface area contributed by atoms with Gasteiger partial charge in [-0.05, 0) is 42.5 Å². The Morgan fingerprint density at radius 3 is 2.27 bits per heavy atom. The number of pyridine rings is 1. The van der Waals surface area contributed by atoms with Crippen LogP contribution in [0.3, 0.4) is 0 Å². The normalized spacial score (nSPS) is 10.2.